The van der Waals surface area contributed by atoms with Gasteiger partial charge in [-0.25, -0.2) is 0 Å². The van der Waals surface area contributed by atoms with Crippen LogP contribution in [0, 0.1) is 17.3 Å². The fraction of sp³-hybridized carbons (Fsp3) is 0.591. The zero-order chi connectivity index (χ0) is 20.2. The Balaban J connectivity index is 1.75. The average Bonchev–Trinajstić information content (AvgIpc) is 2.84. The number of rotatable bonds is 2. The van der Waals surface area contributed by atoms with Crippen molar-refractivity contribution in [2.24, 2.45) is 17.3 Å². The number of carbonyl (C=O) groups excluding carboxylic acids is 3. The molecule has 0 radical (unpaired) electrons. The van der Waals surface area contributed by atoms with Gasteiger partial charge in [-0.05, 0) is 61.5 Å². The second-order valence-corrected chi connectivity index (χ2v) is 8.67. The van der Waals surface area contributed by atoms with Gasteiger partial charge in [-0.2, -0.15) is 0 Å². The smallest absolute Gasteiger partial charge is 0.308 e. The van der Waals surface area contributed by atoms with Crippen LogP contribution in [-0.2, 0) is 20.8 Å². The highest BCUT2D eigenvalue weighted by Crippen LogP contribution is 2.60. The lowest BCUT2D eigenvalue weighted by Crippen LogP contribution is -2.43. The van der Waals surface area contributed by atoms with Crippen molar-refractivity contribution in [3.63, 3.8) is 0 Å². The van der Waals surface area contributed by atoms with E-state index in [0.29, 0.717) is 17.9 Å². The van der Waals surface area contributed by atoms with Crippen LogP contribution >= 0.6 is 0 Å². The van der Waals surface area contributed by atoms with E-state index in [2.05, 4.69) is 0 Å². The molecule has 0 amide bonds. The van der Waals surface area contributed by atoms with Crippen LogP contribution in [0.25, 0.3) is 0 Å². The molecule has 5 unspecified atom stereocenters. The molecular weight excluding hydrogens is 360 g/mol. The van der Waals surface area contributed by atoms with Gasteiger partial charge in [0.25, 0.3) is 0 Å². The van der Waals surface area contributed by atoms with Gasteiger partial charge in [0.15, 0.2) is 5.78 Å². The molecule has 0 heterocycles. The van der Waals surface area contributed by atoms with Crippen LogP contribution in [0.3, 0.4) is 0 Å². The highest BCUT2D eigenvalue weighted by atomic mass is 16.5. The molecule has 5 atom stereocenters. The SMILES string of the molecule is CC(=O)Oc1cc2c(c(OC(C)=O)c1)C1CCC3(C)C(=O)C(O)CC3C1CC2. The molecule has 0 aliphatic heterocycles. The maximum atomic E-state index is 12.6. The van der Waals surface area contributed by atoms with Crippen LogP contribution in [0.5, 0.6) is 11.5 Å². The third-order valence-electron chi connectivity index (χ3n) is 7.00. The number of carbonyl (C=O) groups is 3. The summed E-state index contributed by atoms with van der Waals surface area (Å²) in [5.74, 6) is 0.539. The normalized spacial score (nSPS) is 33.5. The molecule has 0 spiro atoms. The summed E-state index contributed by atoms with van der Waals surface area (Å²) in [5.41, 5.74) is 1.57. The molecule has 1 aromatic carbocycles. The molecule has 0 saturated heterocycles. The molecule has 150 valence electrons. The molecule has 3 aliphatic carbocycles. The largest absolute Gasteiger partial charge is 0.427 e. The van der Waals surface area contributed by atoms with Crippen molar-refractivity contribution in [3.8, 4) is 11.5 Å². The molecule has 1 aromatic rings. The van der Waals surface area contributed by atoms with Gasteiger partial charge in [-0.15, -0.1) is 0 Å². The minimum atomic E-state index is -0.866. The van der Waals surface area contributed by atoms with Crippen molar-refractivity contribution in [2.45, 2.75) is 64.9 Å². The summed E-state index contributed by atoms with van der Waals surface area (Å²) in [7, 11) is 0. The number of ketones is 1. The number of esters is 2. The highest BCUT2D eigenvalue weighted by molar-refractivity contribution is 5.91. The number of ether oxygens (including phenoxy) is 2. The minimum absolute atomic E-state index is 0.0211. The Morgan fingerprint density at radius 3 is 2.54 bits per heavy atom. The number of hydrogen-bond donors (Lipinski definition) is 1. The van der Waals surface area contributed by atoms with E-state index in [9.17, 15) is 19.5 Å². The molecule has 2 saturated carbocycles. The van der Waals surface area contributed by atoms with Gasteiger partial charge in [-0.1, -0.05) is 6.92 Å². The Hall–Kier alpha value is -2.21. The van der Waals surface area contributed by atoms with Gasteiger partial charge in [0, 0.05) is 30.9 Å². The first-order valence-corrected chi connectivity index (χ1v) is 9.96. The fourth-order valence-corrected chi connectivity index (χ4v) is 5.91. The predicted octanol–water partition coefficient (Wildman–Crippen LogP) is 2.93. The van der Waals surface area contributed by atoms with Crippen LogP contribution < -0.4 is 9.47 Å². The zero-order valence-corrected chi connectivity index (χ0v) is 16.5. The Bertz CT molecular complexity index is 859. The number of aliphatic hydroxyl groups is 1. The number of aliphatic hydroxyl groups excluding tert-OH is 1. The number of Topliss-reactive ketones (excluding diaryl/α,β-unsaturated/α-hetero) is 1. The van der Waals surface area contributed by atoms with Gasteiger partial charge >= 0.3 is 11.9 Å². The van der Waals surface area contributed by atoms with Crippen LogP contribution in [0.2, 0.25) is 0 Å². The summed E-state index contributed by atoms with van der Waals surface area (Å²) in [4.78, 5) is 35.7. The van der Waals surface area contributed by atoms with Crippen molar-refractivity contribution >= 4 is 17.7 Å². The van der Waals surface area contributed by atoms with Gasteiger partial charge in [0.05, 0.1) is 0 Å². The molecule has 6 heteroatoms. The lowest BCUT2D eigenvalue weighted by molar-refractivity contribution is -0.134. The van der Waals surface area contributed by atoms with E-state index < -0.39 is 23.5 Å². The molecule has 2 fully saturated rings. The van der Waals surface area contributed by atoms with Crippen molar-refractivity contribution in [3.05, 3.63) is 23.3 Å². The lowest BCUT2D eigenvalue weighted by atomic mass is 9.55. The molecular formula is C22H26O6. The maximum absolute atomic E-state index is 12.6. The lowest BCUT2D eigenvalue weighted by Gasteiger charge is -2.48. The van der Waals surface area contributed by atoms with E-state index in [-0.39, 0.29) is 23.5 Å². The number of hydrogen-bond acceptors (Lipinski definition) is 6. The average molecular weight is 386 g/mol. The molecule has 6 nitrogen and oxygen atoms in total. The maximum Gasteiger partial charge on any atom is 0.308 e. The first kappa shape index (κ1) is 19.1. The Morgan fingerprint density at radius 1 is 1.14 bits per heavy atom. The first-order chi connectivity index (χ1) is 13.2. The zero-order valence-electron chi connectivity index (χ0n) is 16.5. The summed E-state index contributed by atoms with van der Waals surface area (Å²) in [6, 6.07) is 3.48. The van der Waals surface area contributed by atoms with Gasteiger partial charge in [-0.3, -0.25) is 14.4 Å². The molecule has 0 bridgehead atoms. The number of aryl methyl sites for hydroxylation is 1. The summed E-state index contributed by atoms with van der Waals surface area (Å²) in [5, 5.41) is 10.2. The second-order valence-electron chi connectivity index (χ2n) is 8.67. The predicted molar refractivity (Wildman–Crippen MR) is 100 cm³/mol. The van der Waals surface area contributed by atoms with Crippen LogP contribution in [0.4, 0.5) is 0 Å². The van der Waals surface area contributed by atoms with E-state index in [1.165, 1.54) is 13.8 Å². The van der Waals surface area contributed by atoms with Gasteiger partial charge in [0.1, 0.15) is 17.6 Å². The Kier molecular flexibility index (Phi) is 4.57. The van der Waals surface area contributed by atoms with Crippen LogP contribution in [-0.4, -0.2) is 28.9 Å². The standard InChI is InChI=1S/C22H26O6/c1-11(23)27-14-8-13-4-5-15-16(20(13)19(9-14)28-12(2)24)6-7-22(3)17(15)10-18(25)21(22)26/h8-9,15-18,25H,4-7,10H2,1-3H3. The fourth-order valence-electron chi connectivity index (χ4n) is 5.91. The van der Waals surface area contributed by atoms with Crippen LogP contribution in [0.1, 0.15) is 63.5 Å². The van der Waals surface area contributed by atoms with Crippen molar-refractivity contribution in [1.82, 2.24) is 0 Å². The molecule has 4 rings (SSSR count). The van der Waals surface area contributed by atoms with Crippen molar-refractivity contribution in [2.75, 3.05) is 0 Å². The Labute approximate surface area is 164 Å². The van der Waals surface area contributed by atoms with Crippen molar-refractivity contribution < 1.29 is 29.0 Å². The molecule has 28 heavy (non-hydrogen) atoms. The summed E-state index contributed by atoms with van der Waals surface area (Å²) in [6.45, 7) is 4.69. The van der Waals surface area contributed by atoms with E-state index in [0.717, 1.165) is 36.8 Å². The molecule has 3 aliphatic rings. The number of fused-ring (bicyclic) bond motifs is 5. The molecule has 1 N–H and O–H groups in total. The third-order valence-corrected chi connectivity index (χ3v) is 7.00. The topological polar surface area (TPSA) is 89.9 Å². The van der Waals surface area contributed by atoms with Gasteiger partial charge < -0.3 is 14.6 Å². The second kappa shape index (κ2) is 6.69. The summed E-state index contributed by atoms with van der Waals surface area (Å²) in [6.07, 6.45) is 2.84. The van der Waals surface area contributed by atoms with E-state index in [1.54, 1.807) is 6.07 Å². The van der Waals surface area contributed by atoms with E-state index in [1.807, 2.05) is 13.0 Å². The number of benzene rings is 1. The van der Waals surface area contributed by atoms with E-state index in [4.69, 9.17) is 9.47 Å². The quantitative estimate of drug-likeness (QED) is 0.621. The van der Waals surface area contributed by atoms with Crippen LogP contribution in [0.15, 0.2) is 12.1 Å². The van der Waals surface area contributed by atoms with Gasteiger partial charge in [0.2, 0.25) is 0 Å². The highest BCUT2D eigenvalue weighted by Gasteiger charge is 2.58. The summed E-state index contributed by atoms with van der Waals surface area (Å²) >= 11 is 0. The summed E-state index contributed by atoms with van der Waals surface area (Å²) < 4.78 is 10.8. The molecule has 0 aromatic heterocycles. The first-order valence-electron chi connectivity index (χ1n) is 9.96. The Morgan fingerprint density at radius 2 is 1.86 bits per heavy atom. The monoisotopic (exact) mass is 386 g/mol. The van der Waals surface area contributed by atoms with Crippen molar-refractivity contribution in [1.29, 1.82) is 0 Å². The minimum Gasteiger partial charge on any atom is -0.427 e. The van der Waals surface area contributed by atoms with E-state index >= 15 is 0 Å². The third kappa shape index (κ3) is 2.94.